The Bertz CT molecular complexity index is 1400. The van der Waals surface area contributed by atoms with Gasteiger partial charge >= 0.3 is 30.4 Å². The maximum absolute atomic E-state index is 12.1. The first-order valence-electron chi connectivity index (χ1n) is 13.0. The predicted octanol–water partition coefficient (Wildman–Crippen LogP) is 2.58. The van der Waals surface area contributed by atoms with Crippen LogP contribution in [0.2, 0.25) is 0 Å². The summed E-state index contributed by atoms with van der Waals surface area (Å²) in [7, 11) is -16.9. The molecule has 0 atom stereocenters. The van der Waals surface area contributed by atoms with Crippen molar-refractivity contribution in [2.24, 2.45) is 0 Å². The molecule has 0 bridgehead atoms. The molecule has 21 heteroatoms. The van der Waals surface area contributed by atoms with Gasteiger partial charge in [-0.25, -0.2) is 0 Å². The van der Waals surface area contributed by atoms with Gasteiger partial charge in [0.1, 0.15) is 25.1 Å². The third kappa shape index (κ3) is 15.3. The number of para-hydroxylation sites is 4. The fraction of sp³-hybridized carbons (Fsp3) is 0.478. The molecule has 0 saturated carbocycles. The van der Waals surface area contributed by atoms with Crippen molar-refractivity contribution < 1.29 is 90.1 Å². The molecule has 2 aromatic carbocycles. The summed E-state index contributed by atoms with van der Waals surface area (Å²) in [6.45, 7) is 2.00. The maximum Gasteiger partial charge on any atom is 0.344 e. The van der Waals surface area contributed by atoms with Crippen molar-refractivity contribution in [3.63, 3.8) is 0 Å². The van der Waals surface area contributed by atoms with Crippen molar-refractivity contribution >= 4 is 53.1 Å². The van der Waals surface area contributed by atoms with Gasteiger partial charge in [-0.2, -0.15) is 0 Å². The van der Waals surface area contributed by atoms with Crippen molar-refractivity contribution in [2.75, 3.05) is 71.4 Å². The Kier molecular flexibility index (Phi) is 16.4. The summed E-state index contributed by atoms with van der Waals surface area (Å²) in [5, 5.41) is 0. The minimum atomic E-state index is -4.66. The topological polar surface area (TPSA) is 243 Å². The van der Waals surface area contributed by atoms with E-state index in [9.17, 15) is 57.4 Å². The first kappa shape index (κ1) is 41.4. The van der Waals surface area contributed by atoms with E-state index in [0.717, 1.165) is 0 Å². The summed E-state index contributed by atoms with van der Waals surface area (Å²) in [5.74, 6) is 0. The third-order valence-corrected chi connectivity index (χ3v) is 8.93. The average Bonchev–Trinajstić information content (AvgIpc) is 2.84. The summed E-state index contributed by atoms with van der Waals surface area (Å²) in [5.41, 5.74) is 1.22. The van der Waals surface area contributed by atoms with Crippen LogP contribution in [0, 0.1) is 0 Å². The van der Waals surface area contributed by atoms with E-state index in [0.29, 0.717) is 23.5 Å². The summed E-state index contributed by atoms with van der Waals surface area (Å²) in [6.07, 6.45) is -2.10. The first-order chi connectivity index (χ1) is 19.7. The standard InChI is InChI=1S/C23H40N4O12P4.Y/c1-3-13-25(17-41(31,32)33)22-11-6-7-12-23(22)27(19-43(37,38)39)15-8-14-26(18-42(34,35)36)21-10-5-4-9-20(21)24(2)16-40(28,29)30;/h4-7,9-12H,3,8,13-19H2,1-2H3,(H2,28,29,30)(H2,31,32,33)(H2,34,35,36)(H2,37,38,39);/i;1+1. The number of benzene rings is 2. The molecule has 0 aromatic heterocycles. The van der Waals surface area contributed by atoms with E-state index in [4.69, 9.17) is 0 Å². The van der Waals surface area contributed by atoms with Crippen LogP contribution in [0.4, 0.5) is 22.7 Å². The molecular formula is C23H40N4O12P4Y. The normalized spacial score (nSPS) is 12.4. The molecular weight excluding hydrogens is 738 g/mol. The molecule has 2 aromatic rings. The van der Waals surface area contributed by atoms with Gasteiger partial charge in [-0.05, 0) is 37.1 Å². The zero-order chi connectivity index (χ0) is 32.6. The van der Waals surface area contributed by atoms with Gasteiger partial charge in [0.25, 0.3) is 0 Å². The van der Waals surface area contributed by atoms with Crippen molar-refractivity contribution in [3.05, 3.63) is 48.5 Å². The molecule has 0 aliphatic heterocycles. The minimum Gasteiger partial charge on any atom is -0.361 e. The van der Waals surface area contributed by atoms with Gasteiger partial charge in [0.2, 0.25) is 0 Å². The van der Waals surface area contributed by atoms with Crippen LogP contribution in [0.25, 0.3) is 0 Å². The van der Waals surface area contributed by atoms with Gasteiger partial charge in [-0.3, -0.25) is 18.3 Å². The van der Waals surface area contributed by atoms with Crippen LogP contribution in [0.1, 0.15) is 19.8 Å². The molecule has 1 radical (unpaired) electrons. The van der Waals surface area contributed by atoms with Crippen LogP contribution in [0.15, 0.2) is 48.5 Å². The molecule has 0 aliphatic carbocycles. The molecule has 247 valence electrons. The Morgan fingerprint density at radius 1 is 0.523 bits per heavy atom. The van der Waals surface area contributed by atoms with Gasteiger partial charge in [-0.15, -0.1) is 0 Å². The molecule has 0 aliphatic rings. The summed E-state index contributed by atoms with van der Waals surface area (Å²) in [4.78, 5) is 82.8. The van der Waals surface area contributed by atoms with E-state index in [1.165, 1.54) is 38.8 Å². The quantitative estimate of drug-likeness (QED) is 0.101. The predicted molar refractivity (Wildman–Crippen MR) is 166 cm³/mol. The third-order valence-electron chi connectivity index (χ3n) is 6.01. The second-order valence-corrected chi connectivity index (χ2v) is 16.5. The zero-order valence-electron chi connectivity index (χ0n) is 24.3. The van der Waals surface area contributed by atoms with Gasteiger partial charge in [0.15, 0.2) is 0 Å². The van der Waals surface area contributed by atoms with Crippen molar-refractivity contribution in [1.29, 1.82) is 0 Å². The second-order valence-electron chi connectivity index (χ2n) is 10.0. The van der Waals surface area contributed by atoms with E-state index >= 15 is 0 Å². The minimum absolute atomic E-state index is 0. The van der Waals surface area contributed by atoms with Gasteiger partial charge in [-0.1, -0.05) is 31.2 Å². The van der Waals surface area contributed by atoms with E-state index in [1.54, 1.807) is 36.4 Å². The molecule has 0 spiro atoms. The Morgan fingerprint density at radius 3 is 1.14 bits per heavy atom. The summed E-state index contributed by atoms with van der Waals surface area (Å²) < 4.78 is 47.6. The van der Waals surface area contributed by atoms with E-state index in [2.05, 4.69) is 0 Å². The smallest absolute Gasteiger partial charge is 0.344 e. The summed E-state index contributed by atoms with van der Waals surface area (Å²) >= 11 is 0. The maximum atomic E-state index is 12.1. The van der Waals surface area contributed by atoms with Gasteiger partial charge < -0.3 is 58.7 Å². The first-order valence-corrected chi connectivity index (χ1v) is 20.2. The molecule has 0 heterocycles. The van der Waals surface area contributed by atoms with Crippen LogP contribution in [0.5, 0.6) is 0 Å². The Balaban J connectivity index is 0.00000968. The molecule has 8 N–H and O–H groups in total. The molecule has 0 amide bonds. The molecule has 44 heavy (non-hydrogen) atoms. The van der Waals surface area contributed by atoms with Crippen LogP contribution in [-0.4, -0.2) is 91.0 Å². The van der Waals surface area contributed by atoms with E-state index in [-0.39, 0.29) is 64.5 Å². The number of hydrogen-bond acceptors (Lipinski definition) is 8. The van der Waals surface area contributed by atoms with Gasteiger partial charge in [0.05, 0.1) is 22.7 Å². The molecule has 0 unspecified atom stereocenters. The number of anilines is 4. The van der Waals surface area contributed by atoms with Crippen molar-refractivity contribution in [1.82, 2.24) is 0 Å². The Hall–Kier alpha value is -0.656. The largest absolute Gasteiger partial charge is 0.361 e. The number of hydrogen-bond donors (Lipinski definition) is 8. The van der Waals surface area contributed by atoms with Crippen LogP contribution in [-0.2, 0) is 51.0 Å². The average molecular weight is 778 g/mol. The van der Waals surface area contributed by atoms with Crippen molar-refractivity contribution in [2.45, 2.75) is 19.8 Å². The molecule has 2 rings (SSSR count). The van der Waals surface area contributed by atoms with Crippen molar-refractivity contribution in [3.8, 4) is 0 Å². The summed E-state index contributed by atoms with van der Waals surface area (Å²) in [6, 6.07) is 12.7. The van der Waals surface area contributed by atoms with Crippen LogP contribution in [0.3, 0.4) is 0 Å². The fourth-order valence-corrected chi connectivity index (χ4v) is 7.52. The molecule has 16 nitrogen and oxygen atoms in total. The Labute approximate surface area is 281 Å². The fourth-order valence-electron chi connectivity index (χ4n) is 4.60. The molecule has 0 saturated heterocycles. The monoisotopic (exact) mass is 778 g/mol. The van der Waals surface area contributed by atoms with Gasteiger partial charge in [0, 0.05) is 59.4 Å². The van der Waals surface area contributed by atoms with Crippen LogP contribution >= 0.6 is 30.4 Å². The second kappa shape index (κ2) is 17.5. The zero-order valence-corrected chi connectivity index (χ0v) is 30.8. The SMILES string of the molecule is CCCN(CP(=O)(O)O)c1ccccc1N(CCCN(CP(=O)(O)O)c1ccccc1N(C)CP(=O)(O)O)CP(=O)(O)O.[90Y]. The Morgan fingerprint density at radius 2 is 0.818 bits per heavy atom. The number of rotatable bonds is 18. The number of nitrogens with zero attached hydrogens (tertiary/aromatic N) is 4. The van der Waals surface area contributed by atoms with Crippen LogP contribution < -0.4 is 19.6 Å². The molecule has 0 fully saturated rings. The van der Waals surface area contributed by atoms with E-state index < -0.39 is 55.5 Å². The van der Waals surface area contributed by atoms with E-state index in [1.807, 2.05) is 6.92 Å².